The van der Waals surface area contributed by atoms with E-state index in [4.69, 9.17) is 20.9 Å². The van der Waals surface area contributed by atoms with Crippen molar-refractivity contribution in [3.05, 3.63) is 57.5 Å². The van der Waals surface area contributed by atoms with Gasteiger partial charge in [-0.1, -0.05) is 6.07 Å². The molecule has 1 aromatic rings. The lowest BCUT2D eigenvalue weighted by Crippen LogP contribution is -2.61. The molecule has 0 radical (unpaired) electrons. The molecule has 158 valence electrons. The molecule has 0 aromatic heterocycles. The van der Waals surface area contributed by atoms with Gasteiger partial charge in [0.1, 0.15) is 5.66 Å². The Hall–Kier alpha value is -2.78. The molecule has 0 spiro atoms. The molecule has 3 rings (SSSR count). The summed E-state index contributed by atoms with van der Waals surface area (Å²) in [6.07, 6.45) is 4.80. The lowest BCUT2D eigenvalue weighted by molar-refractivity contribution is -0.421. The summed E-state index contributed by atoms with van der Waals surface area (Å²) in [6.45, 7) is 5.09. The third-order valence-electron chi connectivity index (χ3n) is 5.54. The van der Waals surface area contributed by atoms with Gasteiger partial charge >= 0.3 is 5.70 Å². The fourth-order valence-electron chi connectivity index (χ4n) is 3.96. The second kappa shape index (κ2) is 8.71. The number of rotatable bonds is 7. The van der Waals surface area contributed by atoms with Crippen molar-refractivity contribution < 1.29 is 14.4 Å². The van der Waals surface area contributed by atoms with E-state index in [0.29, 0.717) is 6.61 Å². The second-order valence-electron chi connectivity index (χ2n) is 7.42. The van der Waals surface area contributed by atoms with Crippen LogP contribution in [0.1, 0.15) is 25.3 Å². The molecule has 2 aliphatic rings. The third kappa shape index (κ3) is 4.63. The molecule has 0 saturated carbocycles. The normalized spacial score (nSPS) is 23.0. The van der Waals surface area contributed by atoms with Gasteiger partial charge in [0, 0.05) is 18.5 Å². The van der Waals surface area contributed by atoms with Gasteiger partial charge in [0.05, 0.1) is 18.6 Å². The van der Waals surface area contributed by atoms with Gasteiger partial charge in [-0.2, -0.15) is 0 Å². The average Bonchev–Trinajstić information content (AvgIpc) is 2.69. The number of hydrogen-bond acceptors (Lipinski definition) is 8. The van der Waals surface area contributed by atoms with Crippen LogP contribution in [0.4, 0.5) is 0 Å². The smallest absolute Gasteiger partial charge is 0.308 e. The maximum Gasteiger partial charge on any atom is 0.308 e. The molecule has 29 heavy (non-hydrogen) atoms. The number of allylic oxidation sites excluding steroid dienone is 1. The lowest BCUT2D eigenvalue weighted by Gasteiger charge is -2.42. The summed E-state index contributed by atoms with van der Waals surface area (Å²) in [6, 6.07) is 6.00. The number of nitro groups is 1. The first-order valence-electron chi connectivity index (χ1n) is 9.78. The zero-order chi connectivity index (χ0) is 21.0. The zero-order valence-corrected chi connectivity index (χ0v) is 16.9. The van der Waals surface area contributed by atoms with Crippen LogP contribution in [0.25, 0.3) is 0 Å². The molecule has 9 heteroatoms. The van der Waals surface area contributed by atoms with Gasteiger partial charge in [-0.05, 0) is 56.6 Å². The van der Waals surface area contributed by atoms with Crippen molar-refractivity contribution in [3.63, 3.8) is 0 Å². The fraction of sp³-hybridized carbons (Fsp3) is 0.500. The minimum absolute atomic E-state index is 0.0177. The second-order valence-corrected chi connectivity index (χ2v) is 7.42. The number of hydrogen-bond donors (Lipinski definition) is 3. The molecule has 1 fully saturated rings. The Bertz CT molecular complexity index is 817. The first-order valence-corrected chi connectivity index (χ1v) is 9.78. The van der Waals surface area contributed by atoms with Gasteiger partial charge in [0.2, 0.25) is 0 Å². The minimum atomic E-state index is -0.863. The Balaban J connectivity index is 1.59. The molecule has 2 aliphatic heterocycles. The molecular formula is C20H29N5O4. The third-order valence-corrected chi connectivity index (χ3v) is 5.54. The lowest BCUT2D eigenvalue weighted by atomic mass is 9.83. The maximum atomic E-state index is 11.0. The molecule has 1 saturated heterocycles. The SMILES string of the molecule is CCOc1cc(CN2CCC(C3(N)C=CC([N+](=O)[O-])=C(N)N3)CC2)ccc1OC. The van der Waals surface area contributed by atoms with Crippen molar-refractivity contribution in [1.29, 1.82) is 0 Å². The van der Waals surface area contributed by atoms with E-state index in [2.05, 4.69) is 10.2 Å². The van der Waals surface area contributed by atoms with Crippen molar-refractivity contribution in [2.75, 3.05) is 26.8 Å². The first-order chi connectivity index (χ1) is 13.9. The summed E-state index contributed by atoms with van der Waals surface area (Å²) in [5.74, 6) is 1.64. The van der Waals surface area contributed by atoms with Gasteiger partial charge in [-0.15, -0.1) is 0 Å². The summed E-state index contributed by atoms with van der Waals surface area (Å²) in [4.78, 5) is 12.8. The van der Waals surface area contributed by atoms with E-state index >= 15 is 0 Å². The summed E-state index contributed by atoms with van der Waals surface area (Å²) < 4.78 is 11.0. The Morgan fingerprint density at radius 3 is 2.66 bits per heavy atom. The number of likely N-dealkylation sites (tertiary alicyclic amines) is 1. The van der Waals surface area contributed by atoms with Gasteiger partial charge in [0.15, 0.2) is 17.3 Å². The van der Waals surface area contributed by atoms with Gasteiger partial charge in [-0.25, -0.2) is 0 Å². The largest absolute Gasteiger partial charge is 0.493 e. The van der Waals surface area contributed by atoms with Crippen LogP contribution in [0.2, 0.25) is 0 Å². The van der Waals surface area contributed by atoms with Crippen LogP contribution < -0.4 is 26.3 Å². The molecule has 0 bridgehead atoms. The van der Waals surface area contributed by atoms with Crippen LogP contribution in [0.3, 0.4) is 0 Å². The quantitative estimate of drug-likeness (QED) is 0.462. The Kier molecular flexibility index (Phi) is 6.29. The molecular weight excluding hydrogens is 374 g/mol. The highest BCUT2D eigenvalue weighted by Crippen LogP contribution is 2.32. The molecule has 1 unspecified atom stereocenters. The fourth-order valence-corrected chi connectivity index (χ4v) is 3.96. The van der Waals surface area contributed by atoms with Gasteiger partial charge in [-0.3, -0.25) is 15.0 Å². The van der Waals surface area contributed by atoms with Crippen LogP contribution in [0.15, 0.2) is 41.9 Å². The number of piperidine rings is 1. The highest BCUT2D eigenvalue weighted by molar-refractivity contribution is 5.43. The summed E-state index contributed by atoms with van der Waals surface area (Å²) >= 11 is 0. The van der Waals surface area contributed by atoms with Crippen molar-refractivity contribution in [1.82, 2.24) is 10.2 Å². The Morgan fingerprint density at radius 2 is 2.07 bits per heavy atom. The molecule has 1 aromatic carbocycles. The van der Waals surface area contributed by atoms with Crippen LogP contribution in [0.5, 0.6) is 11.5 Å². The molecule has 9 nitrogen and oxygen atoms in total. The Morgan fingerprint density at radius 1 is 1.34 bits per heavy atom. The number of nitrogens with two attached hydrogens (primary N) is 2. The van der Waals surface area contributed by atoms with Gasteiger partial charge in [0.25, 0.3) is 0 Å². The first kappa shape index (κ1) is 20.9. The van der Waals surface area contributed by atoms with E-state index in [-0.39, 0.29) is 17.4 Å². The van der Waals surface area contributed by atoms with E-state index in [1.54, 1.807) is 13.2 Å². The van der Waals surface area contributed by atoms with Crippen LogP contribution in [-0.2, 0) is 6.54 Å². The molecule has 2 heterocycles. The van der Waals surface area contributed by atoms with Gasteiger partial charge < -0.3 is 26.3 Å². The number of nitrogens with one attached hydrogen (secondary N) is 1. The van der Waals surface area contributed by atoms with Crippen molar-refractivity contribution in [2.24, 2.45) is 17.4 Å². The number of benzene rings is 1. The number of dihydropyridines is 1. The van der Waals surface area contributed by atoms with Crippen molar-refractivity contribution >= 4 is 0 Å². The molecule has 5 N–H and O–H groups in total. The van der Waals surface area contributed by atoms with E-state index < -0.39 is 10.6 Å². The van der Waals surface area contributed by atoms with Crippen LogP contribution in [-0.4, -0.2) is 42.3 Å². The monoisotopic (exact) mass is 403 g/mol. The van der Waals surface area contributed by atoms with E-state index in [1.807, 2.05) is 25.1 Å². The number of methoxy groups -OCH3 is 1. The predicted molar refractivity (Wildman–Crippen MR) is 110 cm³/mol. The minimum Gasteiger partial charge on any atom is -0.493 e. The summed E-state index contributed by atoms with van der Waals surface area (Å²) in [5.41, 5.74) is 12.5. The topological polar surface area (TPSA) is 129 Å². The Labute approximate surface area is 170 Å². The standard InChI is InChI=1S/C20H29N5O4/c1-3-29-18-12-14(4-5-17(18)28-2)13-24-10-7-15(8-11-24)20(22)9-6-16(25(26)27)19(21)23-20/h4-6,9,12,15,23H,3,7-8,10-11,13,21-22H2,1-2H3. The van der Waals surface area contributed by atoms with E-state index in [0.717, 1.165) is 49.5 Å². The van der Waals surface area contributed by atoms with E-state index in [1.165, 1.54) is 6.08 Å². The van der Waals surface area contributed by atoms with Crippen molar-refractivity contribution in [2.45, 2.75) is 32.0 Å². The van der Waals surface area contributed by atoms with E-state index in [9.17, 15) is 10.1 Å². The highest BCUT2D eigenvalue weighted by Gasteiger charge is 2.39. The molecule has 1 atom stereocenters. The summed E-state index contributed by atoms with van der Waals surface area (Å²) in [7, 11) is 1.63. The van der Waals surface area contributed by atoms with Crippen molar-refractivity contribution in [3.8, 4) is 11.5 Å². The highest BCUT2D eigenvalue weighted by atomic mass is 16.6. The number of ether oxygens (including phenoxy) is 2. The molecule has 0 amide bonds. The molecule has 0 aliphatic carbocycles. The number of nitrogens with zero attached hydrogens (tertiary/aromatic N) is 2. The predicted octanol–water partition coefficient (Wildman–Crippen LogP) is 1.52. The van der Waals surface area contributed by atoms with Crippen LogP contribution in [0, 0.1) is 16.0 Å². The average molecular weight is 403 g/mol. The summed E-state index contributed by atoms with van der Waals surface area (Å²) in [5, 5.41) is 13.9. The zero-order valence-electron chi connectivity index (χ0n) is 16.9. The van der Waals surface area contributed by atoms with Crippen LogP contribution >= 0.6 is 0 Å². The maximum absolute atomic E-state index is 11.0.